The van der Waals surface area contributed by atoms with E-state index < -0.39 is 0 Å². The normalized spacial score (nSPS) is 19.5. The number of hydrogen-bond acceptors (Lipinski definition) is 3. The maximum absolute atomic E-state index is 12.7. The third kappa shape index (κ3) is 6.97. The van der Waals surface area contributed by atoms with E-state index in [9.17, 15) is 9.59 Å². The molecule has 1 unspecified atom stereocenters. The van der Waals surface area contributed by atoms with Gasteiger partial charge in [0.05, 0.1) is 6.54 Å². The van der Waals surface area contributed by atoms with Crippen LogP contribution in [0.25, 0.3) is 0 Å². The molecule has 1 saturated heterocycles. The number of nitrogens with one attached hydrogen (secondary N) is 3. The first kappa shape index (κ1) is 23.1. The van der Waals surface area contributed by atoms with Crippen LogP contribution in [-0.2, 0) is 16.1 Å². The molecular weight excluding hydrogens is 390 g/mol. The molecule has 0 radical (unpaired) electrons. The lowest BCUT2D eigenvalue weighted by Crippen LogP contribution is -2.45. The number of benzene rings is 1. The highest BCUT2D eigenvalue weighted by Gasteiger charge is 2.32. The summed E-state index contributed by atoms with van der Waals surface area (Å²) < 4.78 is 0. The fraction of sp³-hybridized carbons (Fsp3) is 0.625. The minimum atomic E-state index is 0.0381. The molecule has 1 aliphatic carbocycles. The van der Waals surface area contributed by atoms with Crippen molar-refractivity contribution in [3.63, 3.8) is 0 Å². The van der Waals surface area contributed by atoms with Crippen molar-refractivity contribution in [2.75, 3.05) is 25.0 Å². The molecule has 3 N–H and O–H groups in total. The number of carbonyl (C=O) groups excluding carboxylic acids is 2. The average Bonchev–Trinajstić information content (AvgIpc) is 3.45. The summed E-state index contributed by atoms with van der Waals surface area (Å²) >= 11 is 0. The van der Waals surface area contributed by atoms with Crippen LogP contribution < -0.4 is 16.0 Å². The number of rotatable bonds is 8. The molecule has 7 heteroatoms. The predicted octanol–water partition coefficient (Wildman–Crippen LogP) is 3.27. The number of anilines is 1. The molecule has 1 heterocycles. The largest absolute Gasteiger partial charge is 0.357 e. The van der Waals surface area contributed by atoms with E-state index in [2.05, 4.69) is 16.0 Å². The maximum atomic E-state index is 12.7. The van der Waals surface area contributed by atoms with Crippen molar-refractivity contribution >= 4 is 23.5 Å². The lowest BCUT2D eigenvalue weighted by molar-refractivity contribution is -0.134. The van der Waals surface area contributed by atoms with Crippen molar-refractivity contribution in [2.45, 2.75) is 71.4 Å². The van der Waals surface area contributed by atoms with E-state index >= 15 is 0 Å². The summed E-state index contributed by atoms with van der Waals surface area (Å²) in [5.74, 6) is 1.38. The highest BCUT2D eigenvalue weighted by atomic mass is 16.2. The molecule has 2 aliphatic rings. The number of hydrogen-bond donors (Lipinski definition) is 3. The van der Waals surface area contributed by atoms with Gasteiger partial charge >= 0.3 is 0 Å². The maximum Gasteiger partial charge on any atom is 0.225 e. The zero-order valence-electron chi connectivity index (χ0n) is 19.0. The van der Waals surface area contributed by atoms with E-state index in [1.54, 1.807) is 0 Å². The van der Waals surface area contributed by atoms with Crippen molar-refractivity contribution < 1.29 is 9.59 Å². The number of nitrogens with zero attached hydrogens (tertiary/aromatic N) is 2. The zero-order valence-corrected chi connectivity index (χ0v) is 19.0. The number of likely N-dealkylation sites (tertiary alicyclic amines) is 1. The molecule has 170 valence electrons. The molecule has 3 rings (SSSR count). The topological polar surface area (TPSA) is 85.8 Å². The van der Waals surface area contributed by atoms with E-state index in [-0.39, 0.29) is 17.9 Å². The Hall–Kier alpha value is -2.57. The van der Waals surface area contributed by atoms with Crippen LogP contribution in [-0.4, -0.2) is 48.3 Å². The minimum absolute atomic E-state index is 0.0381. The molecule has 2 fully saturated rings. The third-order valence-electron chi connectivity index (χ3n) is 6.00. The molecule has 31 heavy (non-hydrogen) atoms. The Kier molecular flexibility index (Phi) is 8.74. The number of guanidine groups is 1. The second-order valence-electron chi connectivity index (χ2n) is 8.59. The summed E-state index contributed by atoms with van der Waals surface area (Å²) in [6.45, 7) is 6.91. The van der Waals surface area contributed by atoms with Crippen LogP contribution in [0.1, 0.15) is 64.4 Å². The first-order chi connectivity index (χ1) is 15.1. The van der Waals surface area contributed by atoms with Crippen LogP contribution in [0.4, 0.5) is 5.69 Å². The Morgan fingerprint density at radius 1 is 1.16 bits per heavy atom. The van der Waals surface area contributed by atoms with E-state index in [4.69, 9.17) is 4.99 Å². The van der Waals surface area contributed by atoms with Crippen molar-refractivity contribution in [3.05, 3.63) is 29.8 Å². The smallest absolute Gasteiger partial charge is 0.225 e. The number of amides is 2. The first-order valence-electron chi connectivity index (χ1n) is 11.8. The van der Waals surface area contributed by atoms with E-state index in [0.29, 0.717) is 18.9 Å². The molecule has 1 atom stereocenters. The van der Waals surface area contributed by atoms with E-state index in [1.165, 1.54) is 12.8 Å². The summed E-state index contributed by atoms with van der Waals surface area (Å²) in [4.78, 5) is 31.3. The van der Waals surface area contributed by atoms with Gasteiger partial charge in [-0.2, -0.15) is 0 Å². The van der Waals surface area contributed by atoms with E-state index in [0.717, 1.165) is 62.5 Å². The van der Waals surface area contributed by atoms with Gasteiger partial charge in [-0.1, -0.05) is 31.9 Å². The second-order valence-corrected chi connectivity index (χ2v) is 8.59. The summed E-state index contributed by atoms with van der Waals surface area (Å²) in [6.07, 6.45) is 6.78. The van der Waals surface area contributed by atoms with Crippen LogP contribution in [0, 0.1) is 5.92 Å². The van der Waals surface area contributed by atoms with Gasteiger partial charge in [0, 0.05) is 43.7 Å². The predicted molar refractivity (Wildman–Crippen MR) is 125 cm³/mol. The van der Waals surface area contributed by atoms with Gasteiger partial charge in [-0.25, -0.2) is 4.99 Å². The Bertz CT molecular complexity index is 773. The van der Waals surface area contributed by atoms with Crippen molar-refractivity contribution in [1.29, 1.82) is 0 Å². The third-order valence-corrected chi connectivity index (χ3v) is 6.00. The molecular formula is C24H37N5O2. The molecule has 0 spiro atoms. The van der Waals surface area contributed by atoms with Gasteiger partial charge in [0.15, 0.2) is 5.96 Å². The number of aliphatic imine (C=N–C) groups is 1. The minimum Gasteiger partial charge on any atom is -0.357 e. The molecule has 1 aromatic carbocycles. The molecule has 0 bridgehead atoms. The van der Waals surface area contributed by atoms with Crippen molar-refractivity contribution in [3.8, 4) is 0 Å². The molecule has 1 saturated carbocycles. The Morgan fingerprint density at radius 3 is 2.71 bits per heavy atom. The van der Waals surface area contributed by atoms with Gasteiger partial charge in [-0.05, 0) is 50.3 Å². The zero-order chi connectivity index (χ0) is 22.1. The molecule has 1 aromatic rings. The fourth-order valence-electron chi connectivity index (χ4n) is 4.39. The lowest BCUT2D eigenvalue weighted by atomic mass is 10.1. The van der Waals surface area contributed by atoms with Gasteiger partial charge in [-0.15, -0.1) is 0 Å². The average molecular weight is 428 g/mol. The van der Waals surface area contributed by atoms with Crippen LogP contribution in [0.15, 0.2) is 29.3 Å². The molecule has 2 amide bonds. The van der Waals surface area contributed by atoms with Gasteiger partial charge in [0.1, 0.15) is 0 Å². The molecule has 1 aliphatic heterocycles. The van der Waals surface area contributed by atoms with Crippen molar-refractivity contribution in [1.82, 2.24) is 15.5 Å². The second kappa shape index (κ2) is 11.7. The summed E-state index contributed by atoms with van der Waals surface area (Å²) in [5.41, 5.74) is 1.84. The Morgan fingerprint density at radius 2 is 1.97 bits per heavy atom. The Balaban J connectivity index is 1.54. The van der Waals surface area contributed by atoms with Gasteiger partial charge in [-0.3, -0.25) is 9.59 Å². The highest BCUT2D eigenvalue weighted by Crippen LogP contribution is 2.27. The quantitative estimate of drug-likeness (QED) is 0.439. The van der Waals surface area contributed by atoms with Gasteiger partial charge in [0.25, 0.3) is 0 Å². The molecule has 7 nitrogen and oxygen atoms in total. The molecule has 0 aromatic heterocycles. The van der Waals surface area contributed by atoms with Crippen LogP contribution in [0.3, 0.4) is 0 Å². The number of carbonyl (C=O) groups is 2. The SMILES string of the molecule is CCCC(=O)Nc1cccc(CN=C(NCC)NC2CCN(C(=O)C3CCCC3)C2)c1. The summed E-state index contributed by atoms with van der Waals surface area (Å²) in [6, 6.07) is 8.05. The summed E-state index contributed by atoms with van der Waals surface area (Å²) in [7, 11) is 0. The van der Waals surface area contributed by atoms with E-state index in [1.807, 2.05) is 43.0 Å². The van der Waals surface area contributed by atoms with Crippen molar-refractivity contribution in [2.24, 2.45) is 10.9 Å². The standard InChI is InChI=1S/C24H37N5O2/c1-3-8-22(30)27-20-12-7-9-18(15-20)16-26-24(25-4-2)28-21-13-14-29(17-21)23(31)19-10-5-6-11-19/h7,9,12,15,19,21H,3-6,8,10-11,13-14,16-17H2,1-2H3,(H,27,30)(H2,25,26,28). The van der Waals surface area contributed by atoms with Crippen LogP contribution in [0.5, 0.6) is 0 Å². The monoisotopic (exact) mass is 427 g/mol. The first-order valence-corrected chi connectivity index (χ1v) is 11.8. The lowest BCUT2D eigenvalue weighted by Gasteiger charge is -2.21. The van der Waals surface area contributed by atoms with Gasteiger partial charge < -0.3 is 20.9 Å². The van der Waals surface area contributed by atoms with Crippen LogP contribution in [0.2, 0.25) is 0 Å². The highest BCUT2D eigenvalue weighted by molar-refractivity contribution is 5.90. The summed E-state index contributed by atoms with van der Waals surface area (Å²) in [5, 5.41) is 9.75. The van der Waals surface area contributed by atoms with Crippen LogP contribution >= 0.6 is 0 Å². The Labute approximate surface area is 186 Å². The fourth-order valence-corrected chi connectivity index (χ4v) is 4.39. The van der Waals surface area contributed by atoms with Gasteiger partial charge in [0.2, 0.25) is 11.8 Å².